The lowest BCUT2D eigenvalue weighted by Gasteiger charge is -2.28. The Labute approximate surface area is 79.5 Å². The van der Waals surface area contributed by atoms with Crippen molar-refractivity contribution in [2.45, 2.75) is 19.5 Å². The van der Waals surface area contributed by atoms with Gasteiger partial charge in [0, 0.05) is 38.1 Å². The van der Waals surface area contributed by atoms with E-state index in [0.717, 1.165) is 26.1 Å². The van der Waals surface area contributed by atoms with E-state index in [-0.39, 0.29) is 0 Å². The fourth-order valence-electron chi connectivity index (χ4n) is 1.83. The Balaban J connectivity index is 1.96. The van der Waals surface area contributed by atoms with E-state index in [0.29, 0.717) is 0 Å². The normalized spacial score (nSPS) is 16.9. The SMILES string of the molecule is C=CCCN1CCn2cccc2C1. The Hall–Kier alpha value is -1.02. The quantitative estimate of drug-likeness (QED) is 0.638. The lowest BCUT2D eigenvalue weighted by atomic mass is 10.3. The molecule has 1 aliphatic rings. The molecule has 2 heteroatoms. The van der Waals surface area contributed by atoms with Crippen LogP contribution < -0.4 is 0 Å². The van der Waals surface area contributed by atoms with Crippen molar-refractivity contribution >= 4 is 0 Å². The number of hydrogen-bond donors (Lipinski definition) is 0. The maximum absolute atomic E-state index is 3.75. The van der Waals surface area contributed by atoms with Crippen LogP contribution in [0.4, 0.5) is 0 Å². The summed E-state index contributed by atoms with van der Waals surface area (Å²) in [4.78, 5) is 2.48. The van der Waals surface area contributed by atoms with E-state index < -0.39 is 0 Å². The Bertz CT molecular complexity index is 288. The molecule has 70 valence electrons. The van der Waals surface area contributed by atoms with Crippen LogP contribution in [0, 0.1) is 0 Å². The zero-order chi connectivity index (χ0) is 9.10. The molecule has 0 unspecified atom stereocenters. The molecule has 0 saturated carbocycles. The lowest BCUT2D eigenvalue weighted by Crippen LogP contribution is -2.33. The molecule has 1 aromatic rings. The Kier molecular flexibility index (Phi) is 2.50. The second-order valence-corrected chi connectivity index (χ2v) is 3.55. The average molecular weight is 176 g/mol. The molecular weight excluding hydrogens is 160 g/mol. The standard InChI is InChI=1S/C11H16N2/c1-2-3-6-12-8-9-13-7-4-5-11(13)10-12/h2,4-5,7H,1,3,6,8-10H2. The first-order valence-corrected chi connectivity index (χ1v) is 4.87. The van der Waals surface area contributed by atoms with Gasteiger partial charge in [0.1, 0.15) is 0 Å². The van der Waals surface area contributed by atoms with Crippen molar-refractivity contribution in [2.75, 3.05) is 13.1 Å². The topological polar surface area (TPSA) is 8.17 Å². The van der Waals surface area contributed by atoms with Gasteiger partial charge in [0.05, 0.1) is 0 Å². The molecule has 0 saturated heterocycles. The molecule has 0 spiro atoms. The highest BCUT2D eigenvalue weighted by Crippen LogP contribution is 2.12. The van der Waals surface area contributed by atoms with E-state index in [1.165, 1.54) is 12.2 Å². The number of nitrogens with zero attached hydrogens (tertiary/aromatic N) is 2. The minimum absolute atomic E-state index is 1.10. The first kappa shape index (κ1) is 8.57. The van der Waals surface area contributed by atoms with Gasteiger partial charge in [-0.15, -0.1) is 6.58 Å². The summed E-state index contributed by atoms with van der Waals surface area (Å²) in [5.41, 5.74) is 1.44. The fraction of sp³-hybridized carbons (Fsp3) is 0.455. The third-order valence-corrected chi connectivity index (χ3v) is 2.62. The van der Waals surface area contributed by atoms with E-state index in [9.17, 15) is 0 Å². The summed E-state index contributed by atoms with van der Waals surface area (Å²) < 4.78 is 2.34. The zero-order valence-electron chi connectivity index (χ0n) is 7.95. The van der Waals surface area contributed by atoms with Gasteiger partial charge in [0.25, 0.3) is 0 Å². The van der Waals surface area contributed by atoms with E-state index >= 15 is 0 Å². The molecule has 0 atom stereocenters. The minimum atomic E-state index is 1.10. The van der Waals surface area contributed by atoms with Gasteiger partial charge in [-0.25, -0.2) is 0 Å². The molecule has 0 N–H and O–H groups in total. The summed E-state index contributed by atoms with van der Waals surface area (Å²) in [6.07, 6.45) is 5.26. The average Bonchev–Trinajstić information content (AvgIpc) is 2.61. The van der Waals surface area contributed by atoms with Crippen molar-refractivity contribution in [1.29, 1.82) is 0 Å². The van der Waals surface area contributed by atoms with E-state index in [4.69, 9.17) is 0 Å². The van der Waals surface area contributed by atoms with Crippen LogP contribution in [0.3, 0.4) is 0 Å². The Morgan fingerprint density at radius 3 is 3.23 bits per heavy atom. The molecule has 2 heterocycles. The maximum atomic E-state index is 3.75. The van der Waals surface area contributed by atoms with Crippen LogP contribution in [0.25, 0.3) is 0 Å². The minimum Gasteiger partial charge on any atom is -0.349 e. The van der Waals surface area contributed by atoms with E-state index in [1.807, 2.05) is 6.08 Å². The van der Waals surface area contributed by atoms with Gasteiger partial charge in [-0.2, -0.15) is 0 Å². The second kappa shape index (κ2) is 3.79. The maximum Gasteiger partial charge on any atom is 0.0388 e. The second-order valence-electron chi connectivity index (χ2n) is 3.55. The summed E-state index contributed by atoms with van der Waals surface area (Å²) in [5, 5.41) is 0. The molecule has 0 aromatic carbocycles. The van der Waals surface area contributed by atoms with Crippen LogP contribution in [-0.2, 0) is 13.1 Å². The molecule has 13 heavy (non-hydrogen) atoms. The molecule has 0 bridgehead atoms. The third kappa shape index (κ3) is 1.83. The van der Waals surface area contributed by atoms with Crippen molar-refractivity contribution in [3.05, 3.63) is 36.7 Å². The molecule has 1 aliphatic heterocycles. The van der Waals surface area contributed by atoms with Crippen molar-refractivity contribution in [3.8, 4) is 0 Å². The van der Waals surface area contributed by atoms with Crippen LogP contribution in [0.2, 0.25) is 0 Å². The largest absolute Gasteiger partial charge is 0.349 e. The van der Waals surface area contributed by atoms with Crippen molar-refractivity contribution in [3.63, 3.8) is 0 Å². The van der Waals surface area contributed by atoms with Crippen LogP contribution in [0.15, 0.2) is 31.0 Å². The van der Waals surface area contributed by atoms with Gasteiger partial charge in [-0.05, 0) is 18.6 Å². The van der Waals surface area contributed by atoms with E-state index in [2.05, 4.69) is 34.4 Å². The predicted octanol–water partition coefficient (Wildman–Crippen LogP) is 1.88. The Morgan fingerprint density at radius 2 is 2.38 bits per heavy atom. The van der Waals surface area contributed by atoms with Crippen LogP contribution in [-0.4, -0.2) is 22.6 Å². The van der Waals surface area contributed by atoms with Crippen molar-refractivity contribution in [2.24, 2.45) is 0 Å². The van der Waals surface area contributed by atoms with Crippen LogP contribution in [0.5, 0.6) is 0 Å². The molecule has 2 rings (SSSR count). The van der Waals surface area contributed by atoms with Gasteiger partial charge in [-0.1, -0.05) is 6.08 Å². The highest BCUT2D eigenvalue weighted by atomic mass is 15.2. The third-order valence-electron chi connectivity index (χ3n) is 2.62. The Morgan fingerprint density at radius 1 is 1.46 bits per heavy atom. The first-order valence-electron chi connectivity index (χ1n) is 4.87. The number of rotatable bonds is 3. The smallest absolute Gasteiger partial charge is 0.0388 e. The summed E-state index contributed by atoms with van der Waals surface area (Å²) in [6, 6.07) is 4.34. The highest BCUT2D eigenvalue weighted by Gasteiger charge is 2.13. The monoisotopic (exact) mass is 176 g/mol. The van der Waals surface area contributed by atoms with Crippen LogP contribution >= 0.6 is 0 Å². The fourth-order valence-corrected chi connectivity index (χ4v) is 1.83. The molecule has 1 aromatic heterocycles. The van der Waals surface area contributed by atoms with Gasteiger partial charge >= 0.3 is 0 Å². The highest BCUT2D eigenvalue weighted by molar-refractivity contribution is 5.08. The van der Waals surface area contributed by atoms with Gasteiger partial charge in [0.15, 0.2) is 0 Å². The molecular formula is C11H16N2. The van der Waals surface area contributed by atoms with Gasteiger partial charge < -0.3 is 4.57 Å². The number of aromatic nitrogens is 1. The zero-order valence-corrected chi connectivity index (χ0v) is 7.95. The molecule has 0 radical (unpaired) electrons. The molecule has 0 fully saturated rings. The van der Waals surface area contributed by atoms with Gasteiger partial charge in [0.2, 0.25) is 0 Å². The first-order chi connectivity index (χ1) is 6.40. The van der Waals surface area contributed by atoms with Crippen LogP contribution in [0.1, 0.15) is 12.1 Å². The summed E-state index contributed by atoms with van der Waals surface area (Å²) in [5.74, 6) is 0. The van der Waals surface area contributed by atoms with Crippen molar-refractivity contribution in [1.82, 2.24) is 9.47 Å². The summed E-state index contributed by atoms with van der Waals surface area (Å²) in [6.45, 7) is 8.31. The number of hydrogen-bond acceptors (Lipinski definition) is 1. The number of fused-ring (bicyclic) bond motifs is 1. The molecule has 0 amide bonds. The van der Waals surface area contributed by atoms with Crippen molar-refractivity contribution < 1.29 is 0 Å². The van der Waals surface area contributed by atoms with E-state index in [1.54, 1.807) is 0 Å². The molecule has 0 aliphatic carbocycles. The van der Waals surface area contributed by atoms with Gasteiger partial charge in [-0.3, -0.25) is 4.90 Å². The summed E-state index contributed by atoms with van der Waals surface area (Å²) >= 11 is 0. The predicted molar refractivity (Wildman–Crippen MR) is 54.5 cm³/mol. The molecule has 2 nitrogen and oxygen atoms in total. The lowest BCUT2D eigenvalue weighted by molar-refractivity contribution is 0.225. The summed E-state index contributed by atoms with van der Waals surface area (Å²) in [7, 11) is 0.